The zero-order chi connectivity index (χ0) is 11.0. The maximum atomic E-state index is 13.1. The van der Waals surface area contributed by atoms with Crippen LogP contribution in [0.4, 0.5) is 10.1 Å². The summed E-state index contributed by atoms with van der Waals surface area (Å²) in [4.78, 5) is 13.5. The molecule has 1 aliphatic heterocycles. The number of rotatable bonds is 2. The number of amides is 1. The Labute approximate surface area is 87.9 Å². The summed E-state index contributed by atoms with van der Waals surface area (Å²) in [6.45, 7) is 2.44. The first kappa shape index (κ1) is 10.1. The molecule has 0 saturated heterocycles. The first-order valence-electron chi connectivity index (χ1n) is 4.97. The van der Waals surface area contributed by atoms with Gasteiger partial charge in [-0.1, -0.05) is 6.07 Å². The van der Waals surface area contributed by atoms with Crippen LogP contribution in [0.1, 0.15) is 18.5 Å². The zero-order valence-corrected chi connectivity index (χ0v) is 8.75. The summed E-state index contributed by atoms with van der Waals surface area (Å²) in [5.41, 5.74) is 1.53. The summed E-state index contributed by atoms with van der Waals surface area (Å²) >= 11 is 0. The van der Waals surface area contributed by atoms with Crippen molar-refractivity contribution < 1.29 is 9.18 Å². The SMILES string of the molecule is CCN1C(=O)C(NC)c2ccc(F)cc21. The fourth-order valence-electron chi connectivity index (χ4n) is 2.01. The van der Waals surface area contributed by atoms with E-state index in [9.17, 15) is 9.18 Å². The van der Waals surface area contributed by atoms with Crippen LogP contribution < -0.4 is 10.2 Å². The number of fused-ring (bicyclic) bond motifs is 1. The quantitative estimate of drug-likeness (QED) is 0.797. The van der Waals surface area contributed by atoms with Gasteiger partial charge in [-0.25, -0.2) is 4.39 Å². The van der Waals surface area contributed by atoms with Crippen molar-refractivity contribution in [2.24, 2.45) is 0 Å². The molecular formula is C11H13FN2O. The summed E-state index contributed by atoms with van der Waals surface area (Å²) < 4.78 is 13.1. The summed E-state index contributed by atoms with van der Waals surface area (Å²) in [6.07, 6.45) is 0. The van der Waals surface area contributed by atoms with Gasteiger partial charge in [0.05, 0.1) is 5.69 Å². The van der Waals surface area contributed by atoms with Crippen LogP contribution in [0.5, 0.6) is 0 Å². The normalized spacial score (nSPS) is 19.5. The van der Waals surface area contributed by atoms with Crippen molar-refractivity contribution in [3.05, 3.63) is 29.6 Å². The second kappa shape index (κ2) is 3.62. The molecule has 1 aromatic carbocycles. The van der Waals surface area contributed by atoms with Gasteiger partial charge in [0.2, 0.25) is 5.91 Å². The smallest absolute Gasteiger partial charge is 0.248 e. The summed E-state index contributed by atoms with van der Waals surface area (Å²) in [5, 5.41) is 2.94. The van der Waals surface area contributed by atoms with Gasteiger partial charge in [-0.05, 0) is 26.1 Å². The van der Waals surface area contributed by atoms with Crippen LogP contribution in [0.3, 0.4) is 0 Å². The van der Waals surface area contributed by atoms with E-state index in [4.69, 9.17) is 0 Å². The molecule has 0 radical (unpaired) electrons. The van der Waals surface area contributed by atoms with Crippen molar-refractivity contribution in [3.63, 3.8) is 0 Å². The highest BCUT2D eigenvalue weighted by Gasteiger charge is 2.35. The van der Waals surface area contributed by atoms with Gasteiger partial charge in [0.25, 0.3) is 0 Å². The van der Waals surface area contributed by atoms with Crippen molar-refractivity contribution in [1.29, 1.82) is 0 Å². The molecule has 0 bridgehead atoms. The highest BCUT2D eigenvalue weighted by Crippen LogP contribution is 2.35. The number of likely N-dealkylation sites (N-methyl/N-ethyl adjacent to an activating group) is 2. The molecule has 0 spiro atoms. The topological polar surface area (TPSA) is 32.3 Å². The minimum absolute atomic E-state index is 0.0133. The zero-order valence-electron chi connectivity index (χ0n) is 8.75. The molecule has 80 valence electrons. The highest BCUT2D eigenvalue weighted by atomic mass is 19.1. The van der Waals surface area contributed by atoms with Gasteiger partial charge in [0.1, 0.15) is 11.9 Å². The van der Waals surface area contributed by atoms with Gasteiger partial charge in [-0.15, -0.1) is 0 Å². The second-order valence-electron chi connectivity index (χ2n) is 3.51. The highest BCUT2D eigenvalue weighted by molar-refractivity contribution is 6.04. The molecule has 1 unspecified atom stereocenters. The minimum Gasteiger partial charge on any atom is -0.311 e. The van der Waals surface area contributed by atoms with E-state index in [2.05, 4.69) is 5.32 Å². The minimum atomic E-state index is -0.333. The lowest BCUT2D eigenvalue weighted by molar-refractivity contribution is -0.119. The molecule has 3 nitrogen and oxygen atoms in total. The Morgan fingerprint density at radius 2 is 2.27 bits per heavy atom. The van der Waals surface area contributed by atoms with E-state index in [1.165, 1.54) is 12.1 Å². The molecule has 1 aliphatic rings. The lowest BCUT2D eigenvalue weighted by atomic mass is 10.1. The number of benzene rings is 1. The predicted octanol–water partition coefficient (Wildman–Crippen LogP) is 1.45. The number of halogens is 1. The third kappa shape index (κ3) is 1.41. The molecule has 0 fully saturated rings. The molecule has 15 heavy (non-hydrogen) atoms. The molecule has 1 atom stereocenters. The van der Waals surface area contributed by atoms with Gasteiger partial charge in [0.15, 0.2) is 0 Å². The Morgan fingerprint density at radius 3 is 2.87 bits per heavy atom. The average Bonchev–Trinajstić information content (AvgIpc) is 2.48. The Kier molecular flexibility index (Phi) is 2.44. The predicted molar refractivity (Wildman–Crippen MR) is 56.2 cm³/mol. The summed E-state index contributed by atoms with van der Waals surface area (Å²) in [6, 6.07) is 4.13. The average molecular weight is 208 g/mol. The Morgan fingerprint density at radius 1 is 1.53 bits per heavy atom. The molecule has 0 aromatic heterocycles. The van der Waals surface area contributed by atoms with Crippen molar-refractivity contribution in [3.8, 4) is 0 Å². The van der Waals surface area contributed by atoms with Crippen LogP contribution in [0.25, 0.3) is 0 Å². The van der Waals surface area contributed by atoms with Gasteiger partial charge in [-0.3, -0.25) is 4.79 Å². The molecule has 1 N–H and O–H groups in total. The van der Waals surface area contributed by atoms with Crippen LogP contribution in [0.15, 0.2) is 18.2 Å². The summed E-state index contributed by atoms with van der Waals surface area (Å²) in [7, 11) is 1.73. The number of anilines is 1. The van der Waals surface area contributed by atoms with Crippen molar-refractivity contribution in [2.75, 3.05) is 18.5 Å². The fraction of sp³-hybridized carbons (Fsp3) is 0.364. The molecule has 2 rings (SSSR count). The van der Waals surface area contributed by atoms with Crippen molar-refractivity contribution >= 4 is 11.6 Å². The molecular weight excluding hydrogens is 195 g/mol. The number of hydrogen-bond donors (Lipinski definition) is 1. The second-order valence-corrected chi connectivity index (χ2v) is 3.51. The van der Waals surface area contributed by atoms with E-state index in [0.717, 1.165) is 5.56 Å². The number of nitrogens with one attached hydrogen (secondary N) is 1. The third-order valence-electron chi connectivity index (χ3n) is 2.71. The maximum Gasteiger partial charge on any atom is 0.248 e. The lowest BCUT2D eigenvalue weighted by Crippen LogP contribution is -2.32. The lowest BCUT2D eigenvalue weighted by Gasteiger charge is -2.14. The van der Waals surface area contributed by atoms with Crippen molar-refractivity contribution in [1.82, 2.24) is 5.32 Å². The van der Waals surface area contributed by atoms with Gasteiger partial charge < -0.3 is 10.2 Å². The Hall–Kier alpha value is -1.42. The first-order valence-corrected chi connectivity index (χ1v) is 4.97. The van der Waals surface area contributed by atoms with Gasteiger partial charge in [0, 0.05) is 12.1 Å². The number of nitrogens with zero attached hydrogens (tertiary/aromatic N) is 1. The molecule has 0 aliphatic carbocycles. The largest absolute Gasteiger partial charge is 0.311 e. The van der Waals surface area contributed by atoms with E-state index >= 15 is 0 Å². The van der Waals surface area contributed by atoms with Gasteiger partial charge in [-0.2, -0.15) is 0 Å². The number of carbonyl (C=O) groups excluding carboxylic acids is 1. The number of hydrogen-bond acceptors (Lipinski definition) is 2. The summed E-state index contributed by atoms with van der Waals surface area (Å²) in [5.74, 6) is -0.322. The van der Waals surface area contributed by atoms with E-state index in [1.807, 2.05) is 6.92 Å². The van der Waals surface area contributed by atoms with Crippen LogP contribution in [-0.4, -0.2) is 19.5 Å². The van der Waals surface area contributed by atoms with Crippen molar-refractivity contribution in [2.45, 2.75) is 13.0 Å². The van der Waals surface area contributed by atoms with E-state index in [-0.39, 0.29) is 17.8 Å². The fourth-order valence-corrected chi connectivity index (χ4v) is 2.01. The Bertz CT molecular complexity index is 406. The monoisotopic (exact) mass is 208 g/mol. The maximum absolute atomic E-state index is 13.1. The standard InChI is InChI=1S/C11H13FN2O/c1-3-14-9-6-7(12)4-5-8(9)10(13-2)11(14)15/h4-6,10,13H,3H2,1-2H3. The van der Waals surface area contributed by atoms with E-state index < -0.39 is 0 Å². The van der Waals surface area contributed by atoms with Crippen LogP contribution >= 0.6 is 0 Å². The van der Waals surface area contributed by atoms with E-state index in [1.54, 1.807) is 18.0 Å². The van der Waals surface area contributed by atoms with Crippen LogP contribution in [0, 0.1) is 5.82 Å². The Balaban J connectivity index is 2.53. The van der Waals surface area contributed by atoms with Gasteiger partial charge >= 0.3 is 0 Å². The first-order chi connectivity index (χ1) is 7.19. The molecule has 1 aromatic rings. The van der Waals surface area contributed by atoms with E-state index in [0.29, 0.717) is 12.2 Å². The molecule has 1 heterocycles. The molecule has 0 saturated carbocycles. The molecule has 4 heteroatoms. The number of carbonyl (C=O) groups is 1. The van der Waals surface area contributed by atoms with Crippen LogP contribution in [0.2, 0.25) is 0 Å². The third-order valence-corrected chi connectivity index (χ3v) is 2.71. The molecule has 1 amide bonds. The van der Waals surface area contributed by atoms with Crippen LogP contribution in [-0.2, 0) is 4.79 Å².